The maximum atomic E-state index is 14.2. The first-order valence-electron chi connectivity index (χ1n) is 11.5. The van der Waals surface area contributed by atoms with Gasteiger partial charge < -0.3 is 15.2 Å². The summed E-state index contributed by atoms with van der Waals surface area (Å²) in [6.07, 6.45) is 0.812. The molecule has 0 saturated heterocycles. The van der Waals surface area contributed by atoms with Crippen LogP contribution in [-0.4, -0.2) is 5.78 Å². The average molecular weight is 501 g/mol. The van der Waals surface area contributed by atoms with Gasteiger partial charge in [0.25, 0.3) is 0 Å². The van der Waals surface area contributed by atoms with Crippen LogP contribution >= 0.6 is 11.6 Å². The van der Waals surface area contributed by atoms with E-state index in [1.165, 1.54) is 12.1 Å². The molecule has 36 heavy (non-hydrogen) atoms. The quantitative estimate of drug-likeness (QED) is 0.446. The van der Waals surface area contributed by atoms with Crippen molar-refractivity contribution in [3.05, 3.63) is 123 Å². The number of nitriles is 1. The molecule has 2 aliphatic rings. The molecule has 0 spiro atoms. The number of allylic oxidation sites excluding steroid dienone is 3. The summed E-state index contributed by atoms with van der Waals surface area (Å²) < 4.78 is 25.8. The first-order chi connectivity index (χ1) is 17.5. The Balaban J connectivity index is 1.48. The van der Waals surface area contributed by atoms with E-state index in [1.807, 2.05) is 36.4 Å². The van der Waals surface area contributed by atoms with E-state index in [2.05, 4.69) is 6.07 Å². The van der Waals surface area contributed by atoms with Gasteiger partial charge in [0.05, 0.1) is 10.9 Å². The van der Waals surface area contributed by atoms with Gasteiger partial charge in [0.15, 0.2) is 5.78 Å². The smallest absolute Gasteiger partial charge is 0.205 e. The van der Waals surface area contributed by atoms with Crippen molar-refractivity contribution in [3.63, 3.8) is 0 Å². The lowest BCUT2D eigenvalue weighted by Crippen LogP contribution is -2.29. The lowest BCUT2D eigenvalue weighted by Gasteiger charge is -2.34. The molecule has 0 radical (unpaired) electrons. The van der Waals surface area contributed by atoms with Crippen molar-refractivity contribution in [2.75, 3.05) is 0 Å². The summed E-state index contributed by atoms with van der Waals surface area (Å²) in [5.74, 6) is -0.320. The molecule has 7 heteroatoms. The number of carbonyl (C=O) groups excluding carboxylic acids is 1. The van der Waals surface area contributed by atoms with Crippen molar-refractivity contribution in [1.29, 1.82) is 5.26 Å². The summed E-state index contributed by atoms with van der Waals surface area (Å²) in [6.45, 7) is -0.0720. The van der Waals surface area contributed by atoms with Gasteiger partial charge >= 0.3 is 0 Å². The Morgan fingerprint density at radius 2 is 1.81 bits per heavy atom. The van der Waals surface area contributed by atoms with Gasteiger partial charge in [-0.2, -0.15) is 5.26 Å². The highest BCUT2D eigenvalue weighted by Crippen LogP contribution is 2.47. The van der Waals surface area contributed by atoms with Crippen LogP contribution < -0.4 is 10.5 Å². The van der Waals surface area contributed by atoms with E-state index in [4.69, 9.17) is 26.8 Å². The summed E-state index contributed by atoms with van der Waals surface area (Å²) >= 11 is 6.12. The molecule has 0 fully saturated rings. The molecule has 0 amide bonds. The van der Waals surface area contributed by atoms with Gasteiger partial charge in [-0.05, 0) is 41.3 Å². The summed E-state index contributed by atoms with van der Waals surface area (Å²) in [5, 5.41) is 10.2. The van der Waals surface area contributed by atoms with Crippen LogP contribution in [0.2, 0.25) is 5.02 Å². The Labute approximate surface area is 213 Å². The van der Waals surface area contributed by atoms with Gasteiger partial charge in [-0.3, -0.25) is 4.79 Å². The van der Waals surface area contributed by atoms with Gasteiger partial charge in [0.2, 0.25) is 5.88 Å². The molecule has 1 aliphatic heterocycles. The first kappa shape index (κ1) is 23.7. The molecule has 0 bridgehead atoms. The zero-order valence-electron chi connectivity index (χ0n) is 19.2. The van der Waals surface area contributed by atoms with Crippen LogP contribution in [0.25, 0.3) is 0 Å². The molecule has 2 atom stereocenters. The van der Waals surface area contributed by atoms with Crippen LogP contribution in [0.1, 0.15) is 41.4 Å². The Hall–Kier alpha value is -4.08. The Morgan fingerprint density at radius 1 is 1.06 bits per heavy atom. The van der Waals surface area contributed by atoms with Crippen LogP contribution in [0.3, 0.4) is 0 Å². The number of nitrogens with two attached hydrogens (primary N) is 1. The van der Waals surface area contributed by atoms with Gasteiger partial charge in [0, 0.05) is 24.0 Å². The normalized spacial score (nSPS) is 19.4. The van der Waals surface area contributed by atoms with E-state index in [0.29, 0.717) is 35.5 Å². The second-order valence-corrected chi connectivity index (χ2v) is 9.17. The fourth-order valence-corrected chi connectivity index (χ4v) is 5.03. The summed E-state index contributed by atoms with van der Waals surface area (Å²) in [7, 11) is 0. The average Bonchev–Trinajstić information content (AvgIpc) is 2.88. The van der Waals surface area contributed by atoms with Crippen molar-refractivity contribution in [1.82, 2.24) is 0 Å². The SMILES string of the molecule is N#CC1=C(N)OC2=C(C(=O)C[C@@H](c3ccccc3)C2)[C@H]1c1cccc(OCc2c(F)cccc2Cl)c1. The van der Waals surface area contributed by atoms with Crippen molar-refractivity contribution in [2.45, 2.75) is 31.3 Å². The standard InChI is InChI=1S/C29H22ClFN2O3/c30-23-10-5-11-24(31)22(23)16-35-20-9-4-8-18(12-20)27-21(15-32)29(33)36-26-14-19(13-25(34)28(26)27)17-6-2-1-3-7-17/h1-12,19,27H,13-14,16,33H2/t19-,27+/m1/s1. The molecule has 2 N–H and O–H groups in total. The zero-order chi connectivity index (χ0) is 25.2. The summed E-state index contributed by atoms with van der Waals surface area (Å²) in [6, 6.07) is 23.4. The van der Waals surface area contributed by atoms with Crippen molar-refractivity contribution in [3.8, 4) is 11.8 Å². The lowest BCUT2D eigenvalue weighted by atomic mass is 9.73. The maximum absolute atomic E-state index is 14.2. The number of benzene rings is 3. The highest BCUT2D eigenvalue weighted by molar-refractivity contribution is 6.31. The minimum absolute atomic E-state index is 0.00720. The monoisotopic (exact) mass is 500 g/mol. The molecule has 0 saturated carbocycles. The number of halogens is 2. The predicted molar refractivity (Wildman–Crippen MR) is 133 cm³/mol. The maximum Gasteiger partial charge on any atom is 0.205 e. The van der Waals surface area contributed by atoms with Gasteiger partial charge in [-0.1, -0.05) is 60.1 Å². The third kappa shape index (κ3) is 4.46. The van der Waals surface area contributed by atoms with Crippen LogP contribution in [0, 0.1) is 17.1 Å². The molecule has 5 rings (SSSR count). The fourth-order valence-electron chi connectivity index (χ4n) is 4.81. The molecule has 5 nitrogen and oxygen atoms in total. The highest BCUT2D eigenvalue weighted by atomic mass is 35.5. The molecule has 3 aromatic rings. The molecular formula is C29H22ClFN2O3. The van der Waals surface area contributed by atoms with Crippen molar-refractivity contribution in [2.24, 2.45) is 5.73 Å². The number of hydrogen-bond acceptors (Lipinski definition) is 5. The van der Waals surface area contributed by atoms with E-state index in [1.54, 1.807) is 24.3 Å². The van der Waals surface area contributed by atoms with E-state index in [0.717, 1.165) is 5.56 Å². The Bertz CT molecular complexity index is 1420. The number of carbonyl (C=O) groups is 1. The predicted octanol–water partition coefficient (Wildman–Crippen LogP) is 6.27. The number of hydrogen-bond donors (Lipinski definition) is 1. The van der Waals surface area contributed by atoms with E-state index in [-0.39, 0.29) is 40.4 Å². The highest BCUT2D eigenvalue weighted by Gasteiger charge is 2.41. The molecule has 0 aromatic heterocycles. The van der Waals surface area contributed by atoms with Crippen LogP contribution in [0.5, 0.6) is 5.75 Å². The number of ether oxygens (including phenoxy) is 2. The molecule has 3 aromatic carbocycles. The second kappa shape index (κ2) is 9.88. The van der Waals surface area contributed by atoms with Crippen LogP contribution in [0.15, 0.2) is 95.6 Å². The number of Topliss-reactive ketones (excluding diaryl/α,β-unsaturated/α-hetero) is 1. The second-order valence-electron chi connectivity index (χ2n) is 8.76. The minimum Gasteiger partial charge on any atom is -0.489 e. The molecular weight excluding hydrogens is 479 g/mol. The first-order valence-corrected chi connectivity index (χ1v) is 11.9. The van der Waals surface area contributed by atoms with Crippen molar-refractivity contribution >= 4 is 17.4 Å². The number of ketones is 1. The van der Waals surface area contributed by atoms with Crippen molar-refractivity contribution < 1.29 is 18.7 Å². The largest absolute Gasteiger partial charge is 0.489 e. The number of rotatable bonds is 5. The Kier molecular flexibility index (Phi) is 6.49. The minimum atomic E-state index is -0.677. The van der Waals surface area contributed by atoms with Gasteiger partial charge in [-0.15, -0.1) is 0 Å². The van der Waals surface area contributed by atoms with E-state index in [9.17, 15) is 14.4 Å². The third-order valence-electron chi connectivity index (χ3n) is 6.57. The van der Waals surface area contributed by atoms with Crippen LogP contribution in [-0.2, 0) is 16.1 Å². The fraction of sp³-hybridized carbons (Fsp3) is 0.172. The summed E-state index contributed by atoms with van der Waals surface area (Å²) in [5.41, 5.74) is 8.74. The molecule has 1 heterocycles. The third-order valence-corrected chi connectivity index (χ3v) is 6.92. The molecule has 1 aliphatic carbocycles. The summed E-state index contributed by atoms with van der Waals surface area (Å²) in [4.78, 5) is 13.4. The van der Waals surface area contributed by atoms with Gasteiger partial charge in [0.1, 0.15) is 35.6 Å². The topological polar surface area (TPSA) is 85.3 Å². The number of nitrogens with zero attached hydrogens (tertiary/aromatic N) is 1. The van der Waals surface area contributed by atoms with Gasteiger partial charge in [-0.25, -0.2) is 4.39 Å². The van der Waals surface area contributed by atoms with E-state index >= 15 is 0 Å². The van der Waals surface area contributed by atoms with Crippen LogP contribution in [0.4, 0.5) is 4.39 Å². The Morgan fingerprint density at radius 3 is 2.56 bits per heavy atom. The molecule has 180 valence electrons. The lowest BCUT2D eigenvalue weighted by molar-refractivity contribution is -0.117. The zero-order valence-corrected chi connectivity index (χ0v) is 20.0. The molecule has 0 unspecified atom stereocenters. The van der Waals surface area contributed by atoms with E-state index < -0.39 is 11.7 Å².